The van der Waals surface area contributed by atoms with Gasteiger partial charge < -0.3 is 15.8 Å². The third-order valence-electron chi connectivity index (χ3n) is 3.21. The number of hydrogen-bond acceptors (Lipinski definition) is 4. The maximum Gasteiger partial charge on any atom is 0.318 e. The lowest BCUT2D eigenvalue weighted by Gasteiger charge is -2.14. The molecule has 1 aromatic carbocycles. The summed E-state index contributed by atoms with van der Waals surface area (Å²) in [4.78, 5) is 22.1. The molecule has 0 bridgehead atoms. The monoisotopic (exact) mass is 293 g/mol. The van der Waals surface area contributed by atoms with E-state index in [4.69, 9.17) is 10.5 Å². The van der Waals surface area contributed by atoms with Crippen molar-refractivity contribution in [1.29, 1.82) is 0 Å². The Kier molecular flexibility index (Phi) is 6.68. The van der Waals surface area contributed by atoms with E-state index in [0.717, 1.165) is 12.8 Å². The summed E-state index contributed by atoms with van der Waals surface area (Å²) in [6, 6.07) is 7.15. The van der Waals surface area contributed by atoms with Gasteiger partial charge in [0, 0.05) is 6.04 Å². The van der Waals surface area contributed by atoms with Crippen molar-refractivity contribution in [2.45, 2.75) is 38.8 Å². The van der Waals surface area contributed by atoms with Crippen LogP contribution in [0.5, 0.6) is 5.75 Å². The fraction of sp³-hybridized carbons (Fsp3) is 0.467. The number of primary amides is 1. The van der Waals surface area contributed by atoms with Crippen molar-refractivity contribution in [2.75, 3.05) is 7.05 Å². The van der Waals surface area contributed by atoms with Crippen molar-refractivity contribution in [3.63, 3.8) is 0 Å². The van der Waals surface area contributed by atoms with E-state index in [1.54, 1.807) is 6.92 Å². The van der Waals surface area contributed by atoms with Gasteiger partial charge in [-0.05, 0) is 51.4 Å². The van der Waals surface area contributed by atoms with E-state index in [-0.39, 0.29) is 0 Å². The quantitative estimate of drug-likeness (QED) is 0.704. The average molecular weight is 293 g/mol. The first-order valence-electron chi connectivity index (χ1n) is 6.95. The summed E-state index contributed by atoms with van der Waals surface area (Å²) >= 11 is 0. The van der Waals surface area contributed by atoms with Crippen LogP contribution in [0.3, 0.4) is 0 Å². The van der Waals surface area contributed by atoms with E-state index in [1.807, 2.05) is 36.6 Å². The maximum absolute atomic E-state index is 11.5. The molecule has 0 fully saturated rings. The molecule has 3 amide bonds. The summed E-state index contributed by atoms with van der Waals surface area (Å²) in [7, 11) is 1.94. The first-order chi connectivity index (χ1) is 9.92. The minimum atomic E-state index is -0.885. The minimum absolute atomic E-state index is 0.471. The molecule has 6 heteroatoms. The molecule has 6 nitrogen and oxygen atoms in total. The molecule has 0 aliphatic rings. The molecule has 0 aromatic heterocycles. The SMILES string of the molecule is CNC(C)CCc1ccc(OC(C)C(=O)NC(N)=O)cc1. The van der Waals surface area contributed by atoms with E-state index in [0.29, 0.717) is 11.8 Å². The molecule has 116 valence electrons. The Morgan fingerprint density at radius 2 is 1.86 bits per heavy atom. The summed E-state index contributed by atoms with van der Waals surface area (Å²) in [5.74, 6) is 0.0157. The molecular weight excluding hydrogens is 270 g/mol. The number of aryl methyl sites for hydroxylation is 1. The molecule has 0 aliphatic heterocycles. The largest absolute Gasteiger partial charge is 0.481 e. The number of benzene rings is 1. The molecule has 0 radical (unpaired) electrons. The second-order valence-electron chi connectivity index (χ2n) is 4.99. The molecule has 0 aliphatic carbocycles. The Morgan fingerprint density at radius 1 is 1.24 bits per heavy atom. The molecule has 0 saturated carbocycles. The molecular formula is C15H23N3O3. The summed E-state index contributed by atoms with van der Waals surface area (Å²) < 4.78 is 5.45. The molecule has 0 spiro atoms. The van der Waals surface area contributed by atoms with Gasteiger partial charge in [0.15, 0.2) is 6.10 Å². The van der Waals surface area contributed by atoms with Gasteiger partial charge in [-0.15, -0.1) is 0 Å². The summed E-state index contributed by atoms with van der Waals surface area (Å²) in [5, 5.41) is 5.18. The molecule has 4 N–H and O–H groups in total. The smallest absolute Gasteiger partial charge is 0.318 e. The number of nitrogens with one attached hydrogen (secondary N) is 2. The second-order valence-corrected chi connectivity index (χ2v) is 4.99. The molecule has 1 aromatic rings. The lowest BCUT2D eigenvalue weighted by molar-refractivity contribution is -0.126. The lowest BCUT2D eigenvalue weighted by Crippen LogP contribution is -2.42. The Labute approximate surface area is 125 Å². The highest BCUT2D eigenvalue weighted by Gasteiger charge is 2.15. The summed E-state index contributed by atoms with van der Waals surface area (Å²) in [6.45, 7) is 3.69. The zero-order chi connectivity index (χ0) is 15.8. The van der Waals surface area contributed by atoms with Gasteiger partial charge in [0.2, 0.25) is 0 Å². The van der Waals surface area contributed by atoms with E-state index < -0.39 is 18.0 Å². The highest BCUT2D eigenvalue weighted by molar-refractivity contribution is 5.95. The number of amides is 3. The van der Waals surface area contributed by atoms with Crippen LogP contribution in [0.25, 0.3) is 0 Å². The predicted octanol–water partition coefficient (Wildman–Crippen LogP) is 1.19. The van der Waals surface area contributed by atoms with Crippen molar-refractivity contribution in [1.82, 2.24) is 10.6 Å². The van der Waals surface area contributed by atoms with Crippen LogP contribution in [0.2, 0.25) is 0 Å². The van der Waals surface area contributed by atoms with Gasteiger partial charge in [0.1, 0.15) is 5.75 Å². The number of rotatable bonds is 7. The number of urea groups is 1. The van der Waals surface area contributed by atoms with E-state index in [9.17, 15) is 9.59 Å². The third kappa shape index (κ3) is 6.27. The highest BCUT2D eigenvalue weighted by atomic mass is 16.5. The Balaban J connectivity index is 2.50. The number of carbonyl (C=O) groups is 2. The van der Waals surface area contributed by atoms with Crippen molar-refractivity contribution in [3.8, 4) is 5.75 Å². The lowest BCUT2D eigenvalue weighted by atomic mass is 10.1. The molecule has 0 saturated heterocycles. The molecule has 2 atom stereocenters. The fourth-order valence-electron chi connectivity index (χ4n) is 1.74. The number of carbonyl (C=O) groups excluding carboxylic acids is 2. The zero-order valence-corrected chi connectivity index (χ0v) is 12.7. The summed E-state index contributed by atoms with van der Waals surface area (Å²) in [6.07, 6.45) is 1.24. The Hall–Kier alpha value is -2.08. The van der Waals surface area contributed by atoms with Crippen molar-refractivity contribution < 1.29 is 14.3 Å². The normalized spacial score (nSPS) is 13.3. The zero-order valence-electron chi connectivity index (χ0n) is 12.7. The van der Waals surface area contributed by atoms with Crippen LogP contribution in [-0.2, 0) is 11.2 Å². The molecule has 21 heavy (non-hydrogen) atoms. The van der Waals surface area contributed by atoms with Crippen molar-refractivity contribution in [2.24, 2.45) is 5.73 Å². The molecule has 2 unspecified atom stereocenters. The Morgan fingerprint density at radius 3 is 2.38 bits per heavy atom. The van der Waals surface area contributed by atoms with E-state index >= 15 is 0 Å². The highest BCUT2D eigenvalue weighted by Crippen LogP contribution is 2.15. The topological polar surface area (TPSA) is 93.4 Å². The van der Waals surface area contributed by atoms with E-state index in [1.165, 1.54) is 5.56 Å². The summed E-state index contributed by atoms with van der Waals surface area (Å²) in [5.41, 5.74) is 6.09. The number of nitrogens with two attached hydrogens (primary N) is 1. The number of imide groups is 1. The number of ether oxygens (including phenoxy) is 1. The standard InChI is InChI=1S/C15H23N3O3/c1-10(17-3)4-5-12-6-8-13(9-7-12)21-11(2)14(19)18-15(16)20/h6-11,17H,4-5H2,1-3H3,(H3,16,18,19,20). The third-order valence-corrected chi connectivity index (χ3v) is 3.21. The van der Waals surface area contributed by atoms with Crippen LogP contribution in [0.15, 0.2) is 24.3 Å². The van der Waals surface area contributed by atoms with Gasteiger partial charge in [0.25, 0.3) is 5.91 Å². The number of hydrogen-bond donors (Lipinski definition) is 3. The van der Waals surface area contributed by atoms with Crippen molar-refractivity contribution in [3.05, 3.63) is 29.8 Å². The van der Waals surface area contributed by atoms with Crippen molar-refractivity contribution >= 4 is 11.9 Å². The van der Waals surface area contributed by atoms with Crippen LogP contribution in [0.1, 0.15) is 25.8 Å². The van der Waals surface area contributed by atoms with Crippen LogP contribution >= 0.6 is 0 Å². The second kappa shape index (κ2) is 8.26. The van der Waals surface area contributed by atoms with Gasteiger partial charge in [-0.1, -0.05) is 12.1 Å². The average Bonchev–Trinajstić information content (AvgIpc) is 2.45. The minimum Gasteiger partial charge on any atom is -0.481 e. The van der Waals surface area contributed by atoms with Gasteiger partial charge in [-0.3, -0.25) is 10.1 Å². The predicted molar refractivity (Wildman–Crippen MR) is 81.1 cm³/mol. The maximum atomic E-state index is 11.5. The van der Waals surface area contributed by atoms with Crippen LogP contribution < -0.4 is 21.1 Å². The first-order valence-corrected chi connectivity index (χ1v) is 6.95. The van der Waals surface area contributed by atoms with Crippen LogP contribution in [0, 0.1) is 0 Å². The van der Waals surface area contributed by atoms with Crippen LogP contribution in [0.4, 0.5) is 4.79 Å². The van der Waals surface area contributed by atoms with Gasteiger partial charge >= 0.3 is 6.03 Å². The van der Waals surface area contributed by atoms with Crippen LogP contribution in [-0.4, -0.2) is 31.1 Å². The van der Waals surface area contributed by atoms with E-state index in [2.05, 4.69) is 12.2 Å². The van der Waals surface area contributed by atoms with Gasteiger partial charge in [0.05, 0.1) is 0 Å². The first kappa shape index (κ1) is 17.0. The molecule has 0 heterocycles. The molecule has 1 rings (SSSR count). The Bertz CT molecular complexity index is 474. The fourth-order valence-corrected chi connectivity index (χ4v) is 1.74. The van der Waals surface area contributed by atoms with Gasteiger partial charge in [-0.25, -0.2) is 4.79 Å². The van der Waals surface area contributed by atoms with Gasteiger partial charge in [-0.2, -0.15) is 0 Å².